The molecule has 0 atom stereocenters. The molecule has 1 aliphatic heterocycles. The van der Waals surface area contributed by atoms with Gasteiger partial charge in [0.2, 0.25) is 5.91 Å². The van der Waals surface area contributed by atoms with Crippen molar-refractivity contribution in [3.05, 3.63) is 72.3 Å². The zero-order valence-electron chi connectivity index (χ0n) is 16.3. The Morgan fingerprint density at radius 3 is 2.50 bits per heavy atom. The van der Waals surface area contributed by atoms with Crippen LogP contribution in [0.2, 0.25) is 0 Å². The summed E-state index contributed by atoms with van der Waals surface area (Å²) in [6, 6.07) is 22.6. The zero-order chi connectivity index (χ0) is 19.3. The Balaban J connectivity index is 1.42. The number of methoxy groups -OCH3 is 1. The second kappa shape index (κ2) is 8.34. The fourth-order valence-corrected chi connectivity index (χ4v) is 3.94. The van der Waals surface area contributed by atoms with E-state index in [0.29, 0.717) is 6.42 Å². The van der Waals surface area contributed by atoms with Crippen LogP contribution >= 0.6 is 0 Å². The van der Waals surface area contributed by atoms with Gasteiger partial charge in [0.1, 0.15) is 5.75 Å². The minimum absolute atomic E-state index is 0.216. The van der Waals surface area contributed by atoms with E-state index in [0.717, 1.165) is 43.9 Å². The summed E-state index contributed by atoms with van der Waals surface area (Å²) in [5, 5.41) is 2.36. The highest BCUT2D eigenvalue weighted by molar-refractivity contribution is 5.90. The fourth-order valence-electron chi connectivity index (χ4n) is 3.94. The molecule has 1 fully saturated rings. The number of carbonyl (C=O) groups excluding carboxylic acids is 1. The maximum Gasteiger partial charge on any atom is 0.227 e. The number of carbonyl (C=O) groups is 1. The fraction of sp³-hybridized carbons (Fsp3) is 0.292. The SMILES string of the molecule is COc1ccc(N2CCCN(C(=O)Cc3cccc4ccccc34)CC2)cc1. The van der Waals surface area contributed by atoms with E-state index >= 15 is 0 Å². The number of rotatable bonds is 4. The van der Waals surface area contributed by atoms with Gasteiger partial charge >= 0.3 is 0 Å². The largest absolute Gasteiger partial charge is 0.497 e. The predicted octanol–water partition coefficient (Wildman–Crippen LogP) is 4.13. The van der Waals surface area contributed by atoms with Gasteiger partial charge in [-0.3, -0.25) is 4.79 Å². The number of fused-ring (bicyclic) bond motifs is 1. The average molecular weight is 374 g/mol. The van der Waals surface area contributed by atoms with Crippen LogP contribution in [0.1, 0.15) is 12.0 Å². The van der Waals surface area contributed by atoms with E-state index < -0.39 is 0 Å². The van der Waals surface area contributed by atoms with Crippen LogP contribution in [0.4, 0.5) is 5.69 Å². The minimum atomic E-state index is 0.216. The second-order valence-electron chi connectivity index (χ2n) is 7.23. The summed E-state index contributed by atoms with van der Waals surface area (Å²) in [6.07, 6.45) is 1.44. The van der Waals surface area contributed by atoms with Crippen LogP contribution in [-0.2, 0) is 11.2 Å². The van der Waals surface area contributed by atoms with Gasteiger partial charge in [-0.2, -0.15) is 0 Å². The summed E-state index contributed by atoms with van der Waals surface area (Å²) in [7, 11) is 1.68. The molecule has 3 aromatic carbocycles. The van der Waals surface area contributed by atoms with Gasteiger partial charge in [-0.15, -0.1) is 0 Å². The Hall–Kier alpha value is -3.01. The quantitative estimate of drug-likeness (QED) is 0.688. The molecule has 0 aromatic heterocycles. The van der Waals surface area contributed by atoms with Crippen LogP contribution in [-0.4, -0.2) is 44.1 Å². The van der Waals surface area contributed by atoms with Gasteiger partial charge in [-0.1, -0.05) is 42.5 Å². The molecule has 0 spiro atoms. The number of benzene rings is 3. The van der Waals surface area contributed by atoms with Crippen molar-refractivity contribution in [2.24, 2.45) is 0 Å². The monoisotopic (exact) mass is 374 g/mol. The molecule has 1 saturated heterocycles. The summed E-state index contributed by atoms with van der Waals surface area (Å²) in [5.74, 6) is 1.08. The number of anilines is 1. The van der Waals surface area contributed by atoms with Gasteiger partial charge < -0.3 is 14.5 Å². The van der Waals surface area contributed by atoms with E-state index in [1.165, 1.54) is 16.5 Å². The summed E-state index contributed by atoms with van der Waals surface area (Å²) in [6.45, 7) is 3.39. The minimum Gasteiger partial charge on any atom is -0.497 e. The number of ether oxygens (including phenoxy) is 1. The third kappa shape index (κ3) is 3.96. The van der Waals surface area contributed by atoms with Crippen LogP contribution < -0.4 is 9.64 Å². The lowest BCUT2D eigenvalue weighted by Crippen LogP contribution is -2.36. The van der Waals surface area contributed by atoms with Crippen LogP contribution in [0.3, 0.4) is 0 Å². The predicted molar refractivity (Wildman–Crippen MR) is 114 cm³/mol. The highest BCUT2D eigenvalue weighted by Gasteiger charge is 2.20. The second-order valence-corrected chi connectivity index (χ2v) is 7.23. The third-order valence-electron chi connectivity index (χ3n) is 5.51. The Bertz CT molecular complexity index is 947. The molecule has 0 saturated carbocycles. The Kier molecular flexibility index (Phi) is 5.47. The average Bonchev–Trinajstić information content (AvgIpc) is 3.00. The molecule has 144 valence electrons. The van der Waals surface area contributed by atoms with Gasteiger partial charge in [-0.05, 0) is 47.0 Å². The van der Waals surface area contributed by atoms with Gasteiger partial charge in [-0.25, -0.2) is 0 Å². The van der Waals surface area contributed by atoms with Crippen LogP contribution in [0.15, 0.2) is 66.7 Å². The van der Waals surface area contributed by atoms with Crippen molar-refractivity contribution in [2.75, 3.05) is 38.2 Å². The summed E-state index contributed by atoms with van der Waals surface area (Å²) < 4.78 is 5.25. The first-order chi connectivity index (χ1) is 13.7. The summed E-state index contributed by atoms with van der Waals surface area (Å²) in [4.78, 5) is 17.4. The molecular formula is C24H26N2O2. The van der Waals surface area contributed by atoms with E-state index in [1.807, 2.05) is 35.2 Å². The molecule has 3 aromatic rings. The zero-order valence-corrected chi connectivity index (χ0v) is 16.3. The normalized spacial score (nSPS) is 14.8. The van der Waals surface area contributed by atoms with Crippen LogP contribution in [0.25, 0.3) is 10.8 Å². The molecule has 0 radical (unpaired) electrons. The third-order valence-corrected chi connectivity index (χ3v) is 5.51. The molecule has 0 N–H and O–H groups in total. The molecule has 0 unspecified atom stereocenters. The first-order valence-electron chi connectivity index (χ1n) is 9.88. The maximum atomic E-state index is 13.0. The van der Waals surface area contributed by atoms with Crippen molar-refractivity contribution in [1.29, 1.82) is 0 Å². The standard InChI is InChI=1S/C24H26N2O2/c1-28-22-12-10-21(11-13-22)25-14-5-15-26(17-16-25)24(27)18-20-8-4-7-19-6-2-3-9-23(19)20/h2-4,6-13H,5,14-18H2,1H3. The van der Waals surface area contributed by atoms with Crippen molar-refractivity contribution in [3.8, 4) is 5.75 Å². The number of amides is 1. The molecule has 1 heterocycles. The van der Waals surface area contributed by atoms with Gasteiger partial charge in [0, 0.05) is 31.9 Å². The molecule has 4 nitrogen and oxygen atoms in total. The van der Waals surface area contributed by atoms with Crippen molar-refractivity contribution in [1.82, 2.24) is 4.90 Å². The topological polar surface area (TPSA) is 32.8 Å². The van der Waals surface area contributed by atoms with Gasteiger partial charge in [0.25, 0.3) is 0 Å². The molecule has 0 aliphatic carbocycles. The van der Waals surface area contributed by atoms with Crippen molar-refractivity contribution in [2.45, 2.75) is 12.8 Å². The highest BCUT2D eigenvalue weighted by atomic mass is 16.5. The molecule has 0 bridgehead atoms. The van der Waals surface area contributed by atoms with E-state index in [4.69, 9.17) is 4.74 Å². The maximum absolute atomic E-state index is 13.0. The first kappa shape index (κ1) is 18.4. The molecular weight excluding hydrogens is 348 g/mol. The number of hydrogen-bond acceptors (Lipinski definition) is 3. The molecule has 4 rings (SSSR count). The lowest BCUT2D eigenvalue weighted by Gasteiger charge is -2.24. The number of hydrogen-bond donors (Lipinski definition) is 0. The Morgan fingerprint density at radius 2 is 1.68 bits per heavy atom. The van der Waals surface area contributed by atoms with Gasteiger partial charge in [0.15, 0.2) is 0 Å². The first-order valence-corrected chi connectivity index (χ1v) is 9.88. The van der Waals surface area contributed by atoms with Crippen molar-refractivity contribution >= 4 is 22.4 Å². The van der Waals surface area contributed by atoms with E-state index in [1.54, 1.807) is 7.11 Å². The molecule has 1 amide bonds. The molecule has 28 heavy (non-hydrogen) atoms. The molecule has 4 heteroatoms. The van der Waals surface area contributed by atoms with E-state index in [9.17, 15) is 4.79 Å². The molecule has 1 aliphatic rings. The van der Waals surface area contributed by atoms with Gasteiger partial charge in [0.05, 0.1) is 13.5 Å². The Morgan fingerprint density at radius 1 is 0.893 bits per heavy atom. The highest BCUT2D eigenvalue weighted by Crippen LogP contribution is 2.22. The van der Waals surface area contributed by atoms with E-state index in [-0.39, 0.29) is 5.91 Å². The lowest BCUT2D eigenvalue weighted by atomic mass is 10.0. The van der Waals surface area contributed by atoms with Crippen LogP contribution in [0, 0.1) is 0 Å². The van der Waals surface area contributed by atoms with Crippen molar-refractivity contribution < 1.29 is 9.53 Å². The van der Waals surface area contributed by atoms with Crippen LogP contribution in [0.5, 0.6) is 5.75 Å². The smallest absolute Gasteiger partial charge is 0.227 e. The Labute approximate surface area is 166 Å². The van der Waals surface area contributed by atoms with E-state index in [2.05, 4.69) is 41.3 Å². The lowest BCUT2D eigenvalue weighted by molar-refractivity contribution is -0.130. The summed E-state index contributed by atoms with van der Waals surface area (Å²) >= 11 is 0. The summed E-state index contributed by atoms with van der Waals surface area (Å²) in [5.41, 5.74) is 2.29. The van der Waals surface area contributed by atoms with Crippen molar-refractivity contribution in [3.63, 3.8) is 0 Å². The number of nitrogens with zero attached hydrogens (tertiary/aromatic N) is 2.